The zero-order valence-electron chi connectivity index (χ0n) is 13.9. The lowest BCUT2D eigenvalue weighted by Crippen LogP contribution is -2.39. The molecule has 1 saturated heterocycles. The number of nitrogens with two attached hydrogens (primary N) is 1. The first-order chi connectivity index (χ1) is 11.8. The Hall–Kier alpha value is -2.62. The summed E-state index contributed by atoms with van der Waals surface area (Å²) in [5.74, 6) is -0.666. The van der Waals surface area contributed by atoms with E-state index in [9.17, 15) is 14.4 Å². The van der Waals surface area contributed by atoms with Crippen molar-refractivity contribution in [3.05, 3.63) is 43.5 Å². The van der Waals surface area contributed by atoms with Gasteiger partial charge in [-0.15, -0.1) is 0 Å². The van der Waals surface area contributed by atoms with E-state index in [2.05, 4.69) is 15.0 Å². The number of H-pyrrole nitrogens is 1. The second kappa shape index (κ2) is 7.97. The molecule has 25 heavy (non-hydrogen) atoms. The maximum Gasteiger partial charge on any atom is 0.330 e. The van der Waals surface area contributed by atoms with Gasteiger partial charge in [-0.3, -0.25) is 19.1 Å². The molecular formula is C14H20N6O5. The SMILES string of the molecule is CC(C)[C@H](N)C(=O)OC[C@@H]1O[C@H](n2ccc(=O)[nH]c2=O)CC1N=[N+]=[N-]. The lowest BCUT2D eigenvalue weighted by molar-refractivity contribution is -0.151. The normalized spacial score (nSPS) is 23.9. The molecule has 0 amide bonds. The summed E-state index contributed by atoms with van der Waals surface area (Å²) < 4.78 is 12.0. The molecule has 1 aromatic heterocycles. The molecule has 4 atom stereocenters. The number of hydrogen-bond donors (Lipinski definition) is 2. The van der Waals surface area contributed by atoms with E-state index >= 15 is 0 Å². The Morgan fingerprint density at radius 3 is 2.92 bits per heavy atom. The van der Waals surface area contributed by atoms with Crippen molar-refractivity contribution in [2.24, 2.45) is 16.8 Å². The van der Waals surface area contributed by atoms with Crippen LogP contribution in [0.3, 0.4) is 0 Å². The van der Waals surface area contributed by atoms with E-state index in [0.717, 1.165) is 0 Å². The second-order valence-electron chi connectivity index (χ2n) is 6.05. The van der Waals surface area contributed by atoms with Crippen molar-refractivity contribution in [3.8, 4) is 0 Å². The fourth-order valence-corrected chi connectivity index (χ4v) is 2.41. The Kier molecular flexibility index (Phi) is 5.97. The Morgan fingerprint density at radius 2 is 2.32 bits per heavy atom. The summed E-state index contributed by atoms with van der Waals surface area (Å²) in [6.07, 6.45) is 0.0293. The number of hydrogen-bond acceptors (Lipinski definition) is 7. The van der Waals surface area contributed by atoms with Crippen molar-refractivity contribution >= 4 is 5.97 Å². The number of carbonyl (C=O) groups is 1. The fourth-order valence-electron chi connectivity index (χ4n) is 2.41. The Morgan fingerprint density at radius 1 is 1.60 bits per heavy atom. The summed E-state index contributed by atoms with van der Waals surface area (Å²) in [5.41, 5.74) is 13.2. The number of aromatic amines is 1. The van der Waals surface area contributed by atoms with Gasteiger partial charge in [-0.1, -0.05) is 19.0 Å². The molecule has 1 aliphatic rings. The predicted molar refractivity (Wildman–Crippen MR) is 86.6 cm³/mol. The minimum Gasteiger partial charge on any atom is -0.462 e. The molecule has 2 rings (SSSR count). The van der Waals surface area contributed by atoms with Gasteiger partial charge in [-0.2, -0.15) is 0 Å². The molecule has 0 bridgehead atoms. The molecule has 2 heterocycles. The fraction of sp³-hybridized carbons (Fsp3) is 0.643. The minimum atomic E-state index is -0.767. The summed E-state index contributed by atoms with van der Waals surface area (Å²) in [6.45, 7) is 3.43. The number of nitrogens with one attached hydrogen (secondary N) is 1. The van der Waals surface area contributed by atoms with Crippen LogP contribution in [-0.4, -0.2) is 40.3 Å². The molecule has 0 saturated carbocycles. The molecule has 1 aliphatic heterocycles. The van der Waals surface area contributed by atoms with Crippen LogP contribution in [0, 0.1) is 5.92 Å². The molecule has 136 valence electrons. The third kappa shape index (κ3) is 4.47. The topological polar surface area (TPSA) is 165 Å². The monoisotopic (exact) mass is 352 g/mol. The van der Waals surface area contributed by atoms with Crippen LogP contribution in [0.4, 0.5) is 0 Å². The maximum atomic E-state index is 11.9. The van der Waals surface area contributed by atoms with Gasteiger partial charge in [-0.05, 0) is 11.4 Å². The molecule has 0 aromatic carbocycles. The summed E-state index contributed by atoms with van der Waals surface area (Å²) in [4.78, 5) is 39.7. The van der Waals surface area contributed by atoms with Crippen molar-refractivity contribution in [3.63, 3.8) is 0 Å². The second-order valence-corrected chi connectivity index (χ2v) is 6.05. The number of azide groups is 1. The van der Waals surface area contributed by atoms with Crippen LogP contribution in [-0.2, 0) is 14.3 Å². The van der Waals surface area contributed by atoms with Gasteiger partial charge in [-0.25, -0.2) is 4.79 Å². The Balaban J connectivity index is 2.10. The summed E-state index contributed by atoms with van der Waals surface area (Å²) in [5, 5.41) is 3.63. The molecule has 1 aromatic rings. The van der Waals surface area contributed by atoms with E-state index in [1.807, 2.05) is 0 Å². The van der Waals surface area contributed by atoms with Gasteiger partial charge in [0.1, 0.15) is 25.0 Å². The molecular weight excluding hydrogens is 332 g/mol. The minimum absolute atomic E-state index is 0.0857. The average molecular weight is 352 g/mol. The highest BCUT2D eigenvalue weighted by Crippen LogP contribution is 2.30. The standard InChI is InChI=1S/C14H20N6O5/c1-7(2)12(15)13(22)24-6-9-8(18-19-16)5-11(25-9)20-4-3-10(21)17-14(20)23/h3-4,7-9,11-12H,5-6,15H2,1-2H3,(H,17,21,23)/t8?,9-,11-,12-/m0/s1. The van der Waals surface area contributed by atoms with Crippen LogP contribution in [0.1, 0.15) is 26.5 Å². The van der Waals surface area contributed by atoms with Gasteiger partial charge in [0.15, 0.2) is 0 Å². The van der Waals surface area contributed by atoms with Crippen LogP contribution in [0.25, 0.3) is 10.4 Å². The Bertz CT molecular complexity index is 780. The zero-order valence-corrected chi connectivity index (χ0v) is 13.9. The number of nitrogens with zero attached hydrogens (tertiary/aromatic N) is 4. The smallest absolute Gasteiger partial charge is 0.330 e. The van der Waals surface area contributed by atoms with Crippen molar-refractivity contribution in [1.29, 1.82) is 0 Å². The number of carbonyl (C=O) groups excluding carboxylic acids is 1. The first-order valence-electron chi connectivity index (χ1n) is 7.76. The van der Waals surface area contributed by atoms with Gasteiger partial charge in [0, 0.05) is 23.6 Å². The van der Waals surface area contributed by atoms with Crippen molar-refractivity contribution in [1.82, 2.24) is 9.55 Å². The molecule has 3 N–H and O–H groups in total. The molecule has 0 radical (unpaired) electrons. The summed E-state index contributed by atoms with van der Waals surface area (Å²) >= 11 is 0. The molecule has 11 nitrogen and oxygen atoms in total. The van der Waals surface area contributed by atoms with Gasteiger partial charge < -0.3 is 15.2 Å². The van der Waals surface area contributed by atoms with Gasteiger partial charge >= 0.3 is 11.7 Å². The van der Waals surface area contributed by atoms with E-state index in [1.54, 1.807) is 13.8 Å². The largest absolute Gasteiger partial charge is 0.462 e. The van der Waals surface area contributed by atoms with E-state index in [0.29, 0.717) is 0 Å². The van der Waals surface area contributed by atoms with Crippen molar-refractivity contribution < 1.29 is 14.3 Å². The quantitative estimate of drug-likeness (QED) is 0.317. The summed E-state index contributed by atoms with van der Waals surface area (Å²) in [7, 11) is 0. The Labute approximate surface area is 142 Å². The molecule has 11 heteroatoms. The van der Waals surface area contributed by atoms with Crippen LogP contribution in [0.15, 0.2) is 27.0 Å². The number of rotatable bonds is 6. The maximum absolute atomic E-state index is 11.9. The number of esters is 1. The van der Waals surface area contributed by atoms with E-state index in [4.69, 9.17) is 20.7 Å². The number of ether oxygens (including phenoxy) is 2. The highest BCUT2D eigenvalue weighted by molar-refractivity contribution is 5.75. The molecule has 1 fully saturated rings. The van der Waals surface area contributed by atoms with Crippen LogP contribution >= 0.6 is 0 Å². The van der Waals surface area contributed by atoms with Crippen molar-refractivity contribution in [2.75, 3.05) is 6.61 Å². The lowest BCUT2D eigenvalue weighted by Gasteiger charge is -2.19. The molecule has 0 aliphatic carbocycles. The van der Waals surface area contributed by atoms with Gasteiger partial charge in [0.25, 0.3) is 5.56 Å². The van der Waals surface area contributed by atoms with Gasteiger partial charge in [0.05, 0.1) is 6.04 Å². The van der Waals surface area contributed by atoms with E-state index in [1.165, 1.54) is 16.8 Å². The highest BCUT2D eigenvalue weighted by Gasteiger charge is 2.37. The van der Waals surface area contributed by atoms with E-state index < -0.39 is 41.6 Å². The molecule has 1 unspecified atom stereocenters. The van der Waals surface area contributed by atoms with Crippen molar-refractivity contribution in [2.45, 2.75) is 44.7 Å². The van der Waals surface area contributed by atoms with Gasteiger partial charge in [0.2, 0.25) is 0 Å². The van der Waals surface area contributed by atoms with Crippen LogP contribution in [0.2, 0.25) is 0 Å². The van der Waals surface area contributed by atoms with Crippen LogP contribution in [0.5, 0.6) is 0 Å². The first kappa shape index (κ1) is 18.7. The predicted octanol–water partition coefficient (Wildman–Crippen LogP) is 0.0295. The van der Waals surface area contributed by atoms with Crippen LogP contribution < -0.4 is 17.0 Å². The third-order valence-corrected chi connectivity index (χ3v) is 3.95. The summed E-state index contributed by atoms with van der Waals surface area (Å²) in [6, 6.07) is -0.212. The number of aromatic nitrogens is 2. The third-order valence-electron chi connectivity index (χ3n) is 3.95. The zero-order chi connectivity index (χ0) is 18.6. The lowest BCUT2D eigenvalue weighted by atomic mass is 10.1. The highest BCUT2D eigenvalue weighted by atomic mass is 16.6. The first-order valence-corrected chi connectivity index (χ1v) is 7.76. The molecule has 0 spiro atoms. The van der Waals surface area contributed by atoms with E-state index in [-0.39, 0.29) is 18.9 Å². The average Bonchev–Trinajstić information content (AvgIpc) is 2.94.